The van der Waals surface area contributed by atoms with Crippen molar-refractivity contribution >= 4 is 23.6 Å². The summed E-state index contributed by atoms with van der Waals surface area (Å²) in [5.74, 6) is -1.85. The van der Waals surface area contributed by atoms with Gasteiger partial charge in [0.25, 0.3) is 5.91 Å². The summed E-state index contributed by atoms with van der Waals surface area (Å²) in [6.45, 7) is 0. The van der Waals surface area contributed by atoms with E-state index >= 15 is 0 Å². The Morgan fingerprint density at radius 3 is 2.48 bits per heavy atom. The Morgan fingerprint density at radius 2 is 1.95 bits per heavy atom. The summed E-state index contributed by atoms with van der Waals surface area (Å²) in [6, 6.07) is 3.05. The molecule has 0 saturated heterocycles. The molecule has 0 aliphatic heterocycles. The van der Waals surface area contributed by atoms with Gasteiger partial charge in [-0.05, 0) is 30.6 Å². The second-order valence-corrected chi connectivity index (χ2v) is 5.17. The molecule has 4 nitrogen and oxygen atoms in total. The van der Waals surface area contributed by atoms with Gasteiger partial charge in [0.2, 0.25) is 0 Å². The van der Waals surface area contributed by atoms with E-state index in [1.54, 1.807) is 6.26 Å². The van der Waals surface area contributed by atoms with Gasteiger partial charge in [0.15, 0.2) is 0 Å². The second-order valence-electron chi connectivity index (χ2n) is 4.19. The molecule has 0 aromatic heterocycles. The second kappa shape index (κ2) is 7.35. The lowest BCUT2D eigenvalue weighted by Gasteiger charge is -2.16. The summed E-state index contributed by atoms with van der Waals surface area (Å²) in [5, 5.41) is 11.1. The summed E-state index contributed by atoms with van der Waals surface area (Å²) in [7, 11) is 0. The first-order chi connectivity index (χ1) is 9.77. The molecule has 8 heteroatoms. The number of alkyl halides is 3. The van der Waals surface area contributed by atoms with Crippen LogP contribution in [0.1, 0.15) is 22.3 Å². The number of rotatable bonds is 6. The number of carboxylic acid groups (broad SMARTS) is 1. The highest BCUT2D eigenvalue weighted by molar-refractivity contribution is 7.98. The Morgan fingerprint density at radius 1 is 1.33 bits per heavy atom. The lowest BCUT2D eigenvalue weighted by atomic mass is 10.1. The molecule has 0 bridgehead atoms. The van der Waals surface area contributed by atoms with Gasteiger partial charge in [-0.15, -0.1) is 0 Å². The number of carbonyl (C=O) groups excluding carboxylic acids is 1. The lowest BCUT2D eigenvalue weighted by Crippen LogP contribution is -2.41. The van der Waals surface area contributed by atoms with E-state index in [0.717, 1.165) is 12.1 Å². The van der Waals surface area contributed by atoms with Crippen molar-refractivity contribution < 1.29 is 27.9 Å². The maximum Gasteiger partial charge on any atom is 0.417 e. The molecule has 1 aromatic carbocycles. The maximum absolute atomic E-state index is 12.8. The van der Waals surface area contributed by atoms with Crippen LogP contribution in [-0.4, -0.2) is 35.0 Å². The van der Waals surface area contributed by atoms with Gasteiger partial charge >= 0.3 is 12.1 Å². The van der Waals surface area contributed by atoms with Crippen LogP contribution in [0.15, 0.2) is 24.3 Å². The fraction of sp³-hybridized carbons (Fsp3) is 0.385. The zero-order chi connectivity index (χ0) is 16.0. The number of benzene rings is 1. The van der Waals surface area contributed by atoms with Crippen LogP contribution >= 0.6 is 11.8 Å². The molecule has 0 fully saturated rings. The largest absolute Gasteiger partial charge is 0.480 e. The van der Waals surface area contributed by atoms with Gasteiger partial charge in [0.05, 0.1) is 11.1 Å². The number of halogens is 3. The molecule has 1 rings (SSSR count). The average molecular weight is 321 g/mol. The first-order valence-corrected chi connectivity index (χ1v) is 7.35. The van der Waals surface area contributed by atoms with Crippen LogP contribution in [-0.2, 0) is 11.0 Å². The van der Waals surface area contributed by atoms with Crippen molar-refractivity contribution in [3.63, 3.8) is 0 Å². The number of amides is 1. The van der Waals surface area contributed by atoms with Gasteiger partial charge in [0, 0.05) is 0 Å². The number of carboxylic acids is 1. The number of hydrogen-bond acceptors (Lipinski definition) is 3. The minimum atomic E-state index is -4.67. The van der Waals surface area contributed by atoms with Crippen LogP contribution in [0.4, 0.5) is 13.2 Å². The molecule has 1 aromatic rings. The van der Waals surface area contributed by atoms with Gasteiger partial charge in [-0.1, -0.05) is 12.1 Å². The Labute approximate surface area is 123 Å². The summed E-state index contributed by atoms with van der Waals surface area (Å²) in [4.78, 5) is 22.9. The Bertz CT molecular complexity index is 520. The van der Waals surface area contributed by atoms with Crippen LogP contribution in [0, 0.1) is 0 Å². The molecule has 0 saturated carbocycles. The van der Waals surface area contributed by atoms with Crippen molar-refractivity contribution in [3.8, 4) is 0 Å². The normalized spacial score (nSPS) is 12.8. The van der Waals surface area contributed by atoms with E-state index in [4.69, 9.17) is 5.11 Å². The van der Waals surface area contributed by atoms with E-state index < -0.39 is 35.2 Å². The summed E-state index contributed by atoms with van der Waals surface area (Å²) < 4.78 is 38.4. The zero-order valence-corrected chi connectivity index (χ0v) is 11.9. The van der Waals surface area contributed by atoms with Gasteiger partial charge < -0.3 is 10.4 Å². The van der Waals surface area contributed by atoms with Crippen molar-refractivity contribution in [2.75, 3.05) is 12.0 Å². The van der Waals surface area contributed by atoms with Gasteiger partial charge in [0.1, 0.15) is 6.04 Å². The van der Waals surface area contributed by atoms with E-state index in [1.165, 1.54) is 23.9 Å². The Balaban J connectivity index is 2.96. The Kier molecular flexibility index (Phi) is 6.07. The molecule has 0 radical (unpaired) electrons. The van der Waals surface area contributed by atoms with E-state index in [9.17, 15) is 22.8 Å². The summed E-state index contributed by atoms with van der Waals surface area (Å²) >= 11 is 1.38. The monoisotopic (exact) mass is 321 g/mol. The number of thioether (sulfide) groups is 1. The molecule has 116 valence electrons. The van der Waals surface area contributed by atoms with Crippen molar-refractivity contribution in [2.24, 2.45) is 0 Å². The highest BCUT2D eigenvalue weighted by atomic mass is 32.2. The van der Waals surface area contributed by atoms with Gasteiger partial charge in [-0.3, -0.25) is 4.79 Å². The quantitative estimate of drug-likeness (QED) is 0.845. The molecule has 1 unspecified atom stereocenters. The molecule has 0 aliphatic carbocycles. The highest BCUT2D eigenvalue weighted by Gasteiger charge is 2.35. The molecule has 1 amide bonds. The zero-order valence-electron chi connectivity index (χ0n) is 11.1. The third-order valence-electron chi connectivity index (χ3n) is 2.69. The fourth-order valence-corrected chi connectivity index (χ4v) is 2.13. The standard InChI is InChI=1S/C13H14F3NO3S/c1-21-7-6-10(12(19)20)17-11(18)8-4-2-3-5-9(8)13(14,15)16/h2-5,10H,6-7H2,1H3,(H,17,18)(H,19,20). The molecule has 0 aliphatic rings. The smallest absolute Gasteiger partial charge is 0.417 e. The minimum Gasteiger partial charge on any atom is -0.480 e. The van der Waals surface area contributed by atoms with Crippen LogP contribution in [0.25, 0.3) is 0 Å². The topological polar surface area (TPSA) is 66.4 Å². The van der Waals surface area contributed by atoms with Crippen molar-refractivity contribution in [3.05, 3.63) is 35.4 Å². The predicted octanol–water partition coefficient (Wildman–Crippen LogP) is 2.64. The summed E-state index contributed by atoms with van der Waals surface area (Å²) in [5.41, 5.74) is -1.67. The van der Waals surface area contributed by atoms with E-state index in [2.05, 4.69) is 5.32 Å². The average Bonchev–Trinajstić information content (AvgIpc) is 2.42. The first-order valence-electron chi connectivity index (χ1n) is 5.96. The molecular formula is C13H14F3NO3S. The van der Waals surface area contributed by atoms with E-state index in [0.29, 0.717) is 5.75 Å². The van der Waals surface area contributed by atoms with E-state index in [-0.39, 0.29) is 6.42 Å². The molecule has 0 heterocycles. The third kappa shape index (κ3) is 4.96. The van der Waals surface area contributed by atoms with Crippen molar-refractivity contribution in [2.45, 2.75) is 18.6 Å². The Hall–Kier alpha value is -1.70. The van der Waals surface area contributed by atoms with Gasteiger partial charge in [-0.25, -0.2) is 4.79 Å². The van der Waals surface area contributed by atoms with Crippen LogP contribution in [0.5, 0.6) is 0 Å². The maximum atomic E-state index is 12.8. The van der Waals surface area contributed by atoms with Crippen LogP contribution < -0.4 is 5.32 Å². The molecule has 0 spiro atoms. The SMILES string of the molecule is CSCCC(NC(=O)c1ccccc1C(F)(F)F)C(=O)O. The first kappa shape index (κ1) is 17.4. The van der Waals surface area contributed by atoms with E-state index in [1.807, 2.05) is 0 Å². The molecular weight excluding hydrogens is 307 g/mol. The van der Waals surface area contributed by atoms with Crippen molar-refractivity contribution in [1.82, 2.24) is 5.32 Å². The van der Waals surface area contributed by atoms with Crippen LogP contribution in [0.2, 0.25) is 0 Å². The number of carbonyl (C=O) groups is 2. The molecule has 21 heavy (non-hydrogen) atoms. The predicted molar refractivity (Wildman–Crippen MR) is 73.3 cm³/mol. The lowest BCUT2D eigenvalue weighted by molar-refractivity contribution is -0.139. The molecule has 1 atom stereocenters. The highest BCUT2D eigenvalue weighted by Crippen LogP contribution is 2.31. The molecule has 2 N–H and O–H groups in total. The summed E-state index contributed by atoms with van der Waals surface area (Å²) in [6.07, 6.45) is -2.78. The van der Waals surface area contributed by atoms with Gasteiger partial charge in [-0.2, -0.15) is 24.9 Å². The number of nitrogens with one attached hydrogen (secondary N) is 1. The van der Waals surface area contributed by atoms with Crippen molar-refractivity contribution in [1.29, 1.82) is 0 Å². The number of hydrogen-bond donors (Lipinski definition) is 2. The number of aliphatic carboxylic acids is 1. The third-order valence-corrected chi connectivity index (χ3v) is 3.34. The minimum absolute atomic E-state index is 0.135. The fourth-order valence-electron chi connectivity index (χ4n) is 1.66. The van der Waals surface area contributed by atoms with Crippen LogP contribution in [0.3, 0.4) is 0 Å².